The lowest BCUT2D eigenvalue weighted by atomic mass is 10.0. The molecule has 0 aliphatic carbocycles. The Morgan fingerprint density at radius 1 is 1.64 bits per heavy atom. The fourth-order valence-electron chi connectivity index (χ4n) is 1.09. The molecule has 0 amide bonds. The predicted molar refractivity (Wildman–Crippen MR) is 50.9 cm³/mol. The molecule has 0 atom stereocenters. The molecule has 1 rings (SSSR count). The van der Waals surface area contributed by atoms with Gasteiger partial charge in [0.05, 0.1) is 23.1 Å². The van der Waals surface area contributed by atoms with Crippen LogP contribution in [0.3, 0.4) is 0 Å². The number of ketones is 1. The lowest BCUT2D eigenvalue weighted by Crippen LogP contribution is -2.06. The summed E-state index contributed by atoms with van der Waals surface area (Å²) in [6.45, 7) is 1.46. The van der Waals surface area contributed by atoms with E-state index in [0.29, 0.717) is 0 Å². The Kier molecular flexibility index (Phi) is 3.21. The van der Waals surface area contributed by atoms with Crippen LogP contribution >= 0.6 is 11.6 Å². The zero-order valence-electron chi connectivity index (χ0n) is 7.47. The number of carbonyl (C=O) groups is 1. The summed E-state index contributed by atoms with van der Waals surface area (Å²) in [5.74, 6) is -1.39. The third kappa shape index (κ3) is 1.75. The number of benzene rings is 1. The Bertz CT molecular complexity index is 423. The highest BCUT2D eigenvalue weighted by molar-refractivity contribution is 6.30. The van der Waals surface area contributed by atoms with Crippen molar-refractivity contribution in [3.63, 3.8) is 0 Å². The molecule has 0 saturated carbocycles. The molecule has 0 N–H and O–H groups in total. The maximum Gasteiger partial charge on any atom is 0.180 e. The van der Waals surface area contributed by atoms with Gasteiger partial charge in [0, 0.05) is 5.56 Å². The van der Waals surface area contributed by atoms with Crippen molar-refractivity contribution in [2.45, 2.75) is 6.92 Å². The van der Waals surface area contributed by atoms with Crippen molar-refractivity contribution >= 4 is 17.4 Å². The van der Waals surface area contributed by atoms with Crippen molar-refractivity contribution < 1.29 is 9.18 Å². The number of halogens is 2. The molecule has 1 aromatic rings. The van der Waals surface area contributed by atoms with E-state index >= 15 is 0 Å². The van der Waals surface area contributed by atoms with Gasteiger partial charge < -0.3 is 0 Å². The second-order valence-corrected chi connectivity index (χ2v) is 3.04. The zero-order valence-corrected chi connectivity index (χ0v) is 8.23. The van der Waals surface area contributed by atoms with Crippen LogP contribution in [0, 0.1) is 24.1 Å². The fraction of sp³-hybridized carbons (Fsp3) is 0.200. The molecular weight excluding hydrogens is 205 g/mol. The average Bonchev–Trinajstić information content (AvgIpc) is 2.21. The minimum Gasteiger partial charge on any atom is -0.293 e. The Labute approximate surface area is 85.9 Å². The molecule has 0 heterocycles. The van der Waals surface area contributed by atoms with Crippen molar-refractivity contribution in [2.24, 2.45) is 0 Å². The molecular formula is C10H7ClFNO. The minimum absolute atomic E-state index is 0.0588. The standard InChI is InChI=1S/C10H7ClFNO/c1-6-7(5-13)2-3-8(10(6)12)9(14)4-11/h2-3H,4H2,1H3. The summed E-state index contributed by atoms with van der Waals surface area (Å²) in [7, 11) is 0. The third-order valence-electron chi connectivity index (χ3n) is 1.93. The van der Waals surface area contributed by atoms with Gasteiger partial charge in [0.2, 0.25) is 0 Å². The van der Waals surface area contributed by atoms with Crippen LogP contribution in [0.15, 0.2) is 12.1 Å². The summed E-state index contributed by atoms with van der Waals surface area (Å²) >= 11 is 5.30. The molecule has 0 aromatic heterocycles. The van der Waals surface area contributed by atoms with Crippen LogP contribution < -0.4 is 0 Å². The monoisotopic (exact) mass is 211 g/mol. The Morgan fingerprint density at radius 3 is 2.79 bits per heavy atom. The lowest BCUT2D eigenvalue weighted by molar-refractivity contribution is 0.101. The van der Waals surface area contributed by atoms with E-state index in [-0.39, 0.29) is 22.6 Å². The fourth-order valence-corrected chi connectivity index (χ4v) is 1.24. The molecule has 4 heteroatoms. The zero-order chi connectivity index (χ0) is 10.7. The molecule has 0 aliphatic heterocycles. The highest BCUT2D eigenvalue weighted by atomic mass is 35.5. The van der Waals surface area contributed by atoms with Crippen molar-refractivity contribution in [3.8, 4) is 6.07 Å². The number of rotatable bonds is 2. The SMILES string of the molecule is Cc1c(C#N)ccc(C(=O)CCl)c1F. The second kappa shape index (κ2) is 4.21. The number of alkyl halides is 1. The first-order valence-corrected chi connectivity index (χ1v) is 4.43. The summed E-state index contributed by atoms with van der Waals surface area (Å²) in [4.78, 5) is 11.1. The first kappa shape index (κ1) is 10.7. The van der Waals surface area contributed by atoms with Gasteiger partial charge >= 0.3 is 0 Å². The molecule has 0 radical (unpaired) electrons. The maximum absolute atomic E-state index is 13.5. The van der Waals surface area contributed by atoms with Gasteiger partial charge in [-0.1, -0.05) is 0 Å². The number of Topliss-reactive ketones (excluding diaryl/α,β-unsaturated/α-hetero) is 1. The van der Waals surface area contributed by atoms with Crippen molar-refractivity contribution in [1.29, 1.82) is 5.26 Å². The molecule has 1 aromatic carbocycles. The first-order chi connectivity index (χ1) is 6.61. The third-order valence-corrected chi connectivity index (χ3v) is 2.17. The second-order valence-electron chi connectivity index (χ2n) is 2.77. The Morgan fingerprint density at radius 2 is 2.29 bits per heavy atom. The summed E-state index contributed by atoms with van der Waals surface area (Å²) in [6, 6.07) is 4.53. The van der Waals surface area contributed by atoms with Gasteiger partial charge in [0.15, 0.2) is 5.78 Å². The quantitative estimate of drug-likeness (QED) is 0.557. The van der Waals surface area contributed by atoms with E-state index in [1.165, 1.54) is 19.1 Å². The smallest absolute Gasteiger partial charge is 0.180 e. The molecule has 0 bridgehead atoms. The molecule has 0 unspecified atom stereocenters. The lowest BCUT2D eigenvalue weighted by Gasteiger charge is -2.03. The predicted octanol–water partition coefficient (Wildman–Crippen LogP) is 2.43. The van der Waals surface area contributed by atoms with E-state index < -0.39 is 11.6 Å². The average molecular weight is 212 g/mol. The number of nitrogens with zero attached hydrogens (tertiary/aromatic N) is 1. The van der Waals surface area contributed by atoms with Crippen molar-refractivity contribution in [1.82, 2.24) is 0 Å². The van der Waals surface area contributed by atoms with Crippen LogP contribution in [0.2, 0.25) is 0 Å². The molecule has 72 valence electrons. The van der Waals surface area contributed by atoms with Gasteiger partial charge in [0.25, 0.3) is 0 Å². The highest BCUT2D eigenvalue weighted by Crippen LogP contribution is 2.17. The Hall–Kier alpha value is -1.40. The number of hydrogen-bond donors (Lipinski definition) is 0. The molecule has 0 spiro atoms. The molecule has 0 saturated heterocycles. The van der Waals surface area contributed by atoms with E-state index in [1.807, 2.05) is 6.07 Å². The van der Waals surface area contributed by atoms with Gasteiger partial charge in [0.1, 0.15) is 5.82 Å². The molecule has 2 nitrogen and oxygen atoms in total. The summed E-state index contributed by atoms with van der Waals surface area (Å²) in [5.41, 5.74) is 0.355. The summed E-state index contributed by atoms with van der Waals surface area (Å²) in [5, 5.41) is 8.60. The number of hydrogen-bond acceptors (Lipinski definition) is 2. The van der Waals surface area contributed by atoms with Crippen LogP contribution in [0.1, 0.15) is 21.5 Å². The normalized spacial score (nSPS) is 9.57. The van der Waals surface area contributed by atoms with E-state index in [0.717, 1.165) is 0 Å². The van der Waals surface area contributed by atoms with Crippen molar-refractivity contribution in [3.05, 3.63) is 34.6 Å². The van der Waals surface area contributed by atoms with E-state index in [1.54, 1.807) is 0 Å². The van der Waals surface area contributed by atoms with Gasteiger partial charge in [-0.3, -0.25) is 4.79 Å². The van der Waals surface area contributed by atoms with Gasteiger partial charge in [-0.15, -0.1) is 11.6 Å². The van der Waals surface area contributed by atoms with E-state index in [9.17, 15) is 9.18 Å². The number of carbonyl (C=O) groups excluding carboxylic acids is 1. The number of nitriles is 1. The van der Waals surface area contributed by atoms with Crippen LogP contribution in [0.25, 0.3) is 0 Å². The van der Waals surface area contributed by atoms with E-state index in [2.05, 4.69) is 0 Å². The minimum atomic E-state index is -0.658. The maximum atomic E-state index is 13.5. The topological polar surface area (TPSA) is 40.9 Å². The van der Waals surface area contributed by atoms with Crippen LogP contribution in [0.4, 0.5) is 4.39 Å². The highest BCUT2D eigenvalue weighted by Gasteiger charge is 2.14. The van der Waals surface area contributed by atoms with Crippen LogP contribution in [-0.4, -0.2) is 11.7 Å². The van der Waals surface area contributed by atoms with Crippen LogP contribution in [0.5, 0.6) is 0 Å². The van der Waals surface area contributed by atoms with Crippen molar-refractivity contribution in [2.75, 3.05) is 5.88 Å². The largest absolute Gasteiger partial charge is 0.293 e. The van der Waals surface area contributed by atoms with Gasteiger partial charge in [-0.25, -0.2) is 4.39 Å². The molecule has 14 heavy (non-hydrogen) atoms. The molecule has 0 aliphatic rings. The van der Waals surface area contributed by atoms with Gasteiger partial charge in [-0.05, 0) is 19.1 Å². The summed E-state index contributed by atoms with van der Waals surface area (Å²) < 4.78 is 13.5. The first-order valence-electron chi connectivity index (χ1n) is 3.90. The molecule has 0 fully saturated rings. The Balaban J connectivity index is 3.33. The summed E-state index contributed by atoms with van der Waals surface area (Å²) in [6.07, 6.45) is 0. The van der Waals surface area contributed by atoms with Crippen LogP contribution in [-0.2, 0) is 0 Å². The van der Waals surface area contributed by atoms with E-state index in [4.69, 9.17) is 16.9 Å². The van der Waals surface area contributed by atoms with Gasteiger partial charge in [-0.2, -0.15) is 5.26 Å².